The molecule has 0 saturated carbocycles. The fraction of sp³-hybridized carbons (Fsp3) is 0.360. The number of ketones is 1. The van der Waals surface area contributed by atoms with Gasteiger partial charge in [-0.3, -0.25) is 9.59 Å². The molecule has 1 aliphatic heterocycles. The Morgan fingerprint density at radius 1 is 1.21 bits per heavy atom. The van der Waals surface area contributed by atoms with Gasteiger partial charge in [-0.1, -0.05) is 28.1 Å². The van der Waals surface area contributed by atoms with E-state index in [2.05, 4.69) is 15.9 Å². The molecule has 1 N–H and O–H groups in total. The maximum atomic E-state index is 14.6. The van der Waals surface area contributed by atoms with Crippen molar-refractivity contribution in [1.82, 2.24) is 9.80 Å². The molecular weight excluding hydrogens is 491 g/mol. The highest BCUT2D eigenvalue weighted by Gasteiger charge is 2.45. The minimum Gasteiger partial charge on any atom is -0.507 e. The van der Waals surface area contributed by atoms with E-state index in [9.17, 15) is 19.1 Å². The van der Waals surface area contributed by atoms with Gasteiger partial charge in [0.05, 0.1) is 17.7 Å². The average Bonchev–Trinajstić information content (AvgIpc) is 2.99. The smallest absolute Gasteiger partial charge is 0.295 e. The van der Waals surface area contributed by atoms with E-state index in [-0.39, 0.29) is 23.0 Å². The zero-order valence-electron chi connectivity index (χ0n) is 19.1. The van der Waals surface area contributed by atoms with Gasteiger partial charge in [-0.25, -0.2) is 4.39 Å². The molecule has 0 spiro atoms. The molecule has 8 heteroatoms. The first-order valence-corrected chi connectivity index (χ1v) is 11.5. The molecule has 1 aliphatic rings. The van der Waals surface area contributed by atoms with Crippen LogP contribution in [0.2, 0.25) is 0 Å². The number of nitrogens with zero attached hydrogens (tertiary/aromatic N) is 2. The zero-order chi connectivity index (χ0) is 24.3. The number of aliphatic hydroxyl groups excluding tert-OH is 1. The number of carbonyl (C=O) groups is 2. The maximum absolute atomic E-state index is 14.6. The number of amides is 1. The number of aliphatic hydroxyl groups is 1. The van der Waals surface area contributed by atoms with Crippen LogP contribution in [0.1, 0.15) is 37.4 Å². The van der Waals surface area contributed by atoms with E-state index < -0.39 is 29.3 Å². The zero-order valence-corrected chi connectivity index (χ0v) is 20.7. The SMILES string of the molecule is CC(C)Oc1ccc(/C(O)=C2\C(=O)C(=O)N(CCCN(C)C)C2c2cccc(Br)c2)cc1F. The van der Waals surface area contributed by atoms with Crippen molar-refractivity contribution in [2.24, 2.45) is 0 Å². The lowest BCUT2D eigenvalue weighted by Gasteiger charge is -2.26. The van der Waals surface area contributed by atoms with Crippen molar-refractivity contribution in [3.63, 3.8) is 0 Å². The molecule has 176 valence electrons. The number of benzene rings is 2. The Kier molecular flexibility index (Phi) is 7.92. The van der Waals surface area contributed by atoms with Gasteiger partial charge in [-0.15, -0.1) is 0 Å². The highest BCUT2D eigenvalue weighted by atomic mass is 79.9. The number of rotatable bonds is 8. The van der Waals surface area contributed by atoms with Gasteiger partial charge in [0.1, 0.15) is 5.76 Å². The standard InChI is InChI=1S/C25H28BrFN2O4/c1-15(2)33-20-10-9-17(14-19(20)27)23(30)21-22(16-7-5-8-18(26)13-16)29(25(32)24(21)31)12-6-11-28(3)4/h5,7-10,13-15,22,30H,6,11-12H2,1-4H3/b23-21+. The fourth-order valence-corrected chi connectivity index (χ4v) is 4.26. The van der Waals surface area contributed by atoms with Gasteiger partial charge in [0, 0.05) is 16.6 Å². The molecule has 0 aliphatic carbocycles. The van der Waals surface area contributed by atoms with Gasteiger partial charge in [0.25, 0.3) is 11.7 Å². The number of halogens is 2. The molecule has 1 saturated heterocycles. The Labute approximate surface area is 201 Å². The second-order valence-corrected chi connectivity index (χ2v) is 9.43. The highest BCUT2D eigenvalue weighted by molar-refractivity contribution is 9.10. The largest absolute Gasteiger partial charge is 0.507 e. The molecule has 3 rings (SSSR count). The van der Waals surface area contributed by atoms with Gasteiger partial charge >= 0.3 is 0 Å². The minimum atomic E-state index is -0.787. The topological polar surface area (TPSA) is 70.1 Å². The number of hydrogen-bond donors (Lipinski definition) is 1. The molecule has 1 atom stereocenters. The van der Waals surface area contributed by atoms with Gasteiger partial charge in [-0.2, -0.15) is 0 Å². The quantitative estimate of drug-likeness (QED) is 0.310. The van der Waals surface area contributed by atoms with Gasteiger partial charge in [0.15, 0.2) is 11.6 Å². The average molecular weight is 519 g/mol. The van der Waals surface area contributed by atoms with Gasteiger partial charge in [0.2, 0.25) is 0 Å². The molecule has 0 radical (unpaired) electrons. The Morgan fingerprint density at radius 3 is 2.55 bits per heavy atom. The number of likely N-dealkylation sites (tertiary alicyclic amines) is 1. The molecule has 6 nitrogen and oxygen atoms in total. The number of hydrogen-bond acceptors (Lipinski definition) is 5. The van der Waals surface area contributed by atoms with Crippen molar-refractivity contribution in [1.29, 1.82) is 0 Å². The first-order chi connectivity index (χ1) is 15.6. The third-order valence-corrected chi connectivity index (χ3v) is 5.77. The Hall–Kier alpha value is -2.71. The first kappa shape index (κ1) is 24.9. The molecule has 2 aromatic carbocycles. The van der Waals surface area contributed by atoms with Crippen LogP contribution in [0.15, 0.2) is 52.5 Å². The van der Waals surface area contributed by atoms with Crippen LogP contribution in [0.3, 0.4) is 0 Å². The predicted octanol–water partition coefficient (Wildman–Crippen LogP) is 4.75. The summed E-state index contributed by atoms with van der Waals surface area (Å²) in [6.45, 7) is 4.63. The minimum absolute atomic E-state index is 0.0502. The Balaban J connectivity index is 2.08. The summed E-state index contributed by atoms with van der Waals surface area (Å²) in [5, 5.41) is 11.1. The molecule has 0 bridgehead atoms. The summed E-state index contributed by atoms with van der Waals surface area (Å²) < 4.78 is 20.8. The Morgan fingerprint density at radius 2 is 1.94 bits per heavy atom. The first-order valence-electron chi connectivity index (χ1n) is 10.7. The summed E-state index contributed by atoms with van der Waals surface area (Å²) in [5.74, 6) is -2.49. The lowest BCUT2D eigenvalue weighted by molar-refractivity contribution is -0.139. The summed E-state index contributed by atoms with van der Waals surface area (Å²) in [4.78, 5) is 29.5. The van der Waals surface area contributed by atoms with Crippen molar-refractivity contribution < 1.29 is 23.8 Å². The van der Waals surface area contributed by atoms with Crippen LogP contribution in [0.25, 0.3) is 5.76 Å². The third kappa shape index (κ3) is 5.62. The molecule has 1 heterocycles. The summed E-state index contributed by atoms with van der Waals surface area (Å²) in [6.07, 6.45) is 0.434. The van der Waals surface area contributed by atoms with Crippen molar-refractivity contribution in [3.8, 4) is 5.75 Å². The molecule has 2 aromatic rings. The molecule has 1 amide bonds. The second kappa shape index (κ2) is 10.5. The third-order valence-electron chi connectivity index (χ3n) is 5.28. The second-order valence-electron chi connectivity index (χ2n) is 8.52. The van der Waals surface area contributed by atoms with E-state index in [0.717, 1.165) is 17.1 Å². The lowest BCUT2D eigenvalue weighted by Crippen LogP contribution is -2.32. The predicted molar refractivity (Wildman–Crippen MR) is 128 cm³/mol. The van der Waals surface area contributed by atoms with Crippen molar-refractivity contribution in [3.05, 3.63) is 69.5 Å². The monoisotopic (exact) mass is 518 g/mol. The van der Waals surface area contributed by atoms with E-state index in [4.69, 9.17) is 4.74 Å². The molecular formula is C25H28BrFN2O4. The fourth-order valence-electron chi connectivity index (χ4n) is 3.84. The molecule has 33 heavy (non-hydrogen) atoms. The van der Waals surface area contributed by atoms with E-state index >= 15 is 0 Å². The summed E-state index contributed by atoms with van der Waals surface area (Å²) >= 11 is 3.43. The van der Waals surface area contributed by atoms with Crippen LogP contribution in [0, 0.1) is 5.82 Å². The van der Waals surface area contributed by atoms with Crippen molar-refractivity contribution in [2.45, 2.75) is 32.4 Å². The normalized spacial score (nSPS) is 17.9. The number of carbonyl (C=O) groups excluding carboxylic acids is 2. The molecule has 0 aromatic heterocycles. The van der Waals surface area contributed by atoms with Crippen LogP contribution in [0.4, 0.5) is 4.39 Å². The number of Topliss-reactive ketones (excluding diaryl/α,β-unsaturated/α-hetero) is 1. The van der Waals surface area contributed by atoms with E-state index in [1.807, 2.05) is 31.1 Å². The van der Waals surface area contributed by atoms with E-state index in [1.165, 1.54) is 17.0 Å². The van der Waals surface area contributed by atoms with Crippen LogP contribution >= 0.6 is 15.9 Å². The van der Waals surface area contributed by atoms with Gasteiger partial charge in [-0.05, 0) is 76.8 Å². The summed E-state index contributed by atoms with van der Waals surface area (Å²) in [7, 11) is 3.86. The van der Waals surface area contributed by atoms with Crippen LogP contribution < -0.4 is 4.74 Å². The van der Waals surface area contributed by atoms with Crippen LogP contribution in [-0.4, -0.2) is 59.9 Å². The van der Waals surface area contributed by atoms with E-state index in [1.54, 1.807) is 26.0 Å². The molecule has 1 unspecified atom stereocenters. The van der Waals surface area contributed by atoms with Crippen molar-refractivity contribution >= 4 is 33.4 Å². The lowest BCUT2D eigenvalue weighted by atomic mass is 9.95. The van der Waals surface area contributed by atoms with E-state index in [0.29, 0.717) is 18.5 Å². The maximum Gasteiger partial charge on any atom is 0.295 e. The van der Waals surface area contributed by atoms with Crippen molar-refractivity contribution in [2.75, 3.05) is 27.2 Å². The Bertz CT molecular complexity index is 1080. The van der Waals surface area contributed by atoms with Gasteiger partial charge < -0.3 is 19.6 Å². The summed E-state index contributed by atoms with van der Waals surface area (Å²) in [5.41, 5.74) is 0.727. The van der Waals surface area contributed by atoms with Crippen LogP contribution in [-0.2, 0) is 9.59 Å². The molecule has 1 fully saturated rings. The van der Waals surface area contributed by atoms with Crippen LogP contribution in [0.5, 0.6) is 5.75 Å². The highest BCUT2D eigenvalue weighted by Crippen LogP contribution is 2.40. The number of ether oxygens (including phenoxy) is 1. The summed E-state index contributed by atoms with van der Waals surface area (Å²) in [6, 6.07) is 10.5.